The summed E-state index contributed by atoms with van der Waals surface area (Å²) in [5, 5.41) is 9.18. The van der Waals surface area contributed by atoms with Crippen LogP contribution in [0.4, 0.5) is 4.39 Å². The predicted octanol–water partition coefficient (Wildman–Crippen LogP) is 4.67. The van der Waals surface area contributed by atoms with Gasteiger partial charge in [-0.25, -0.2) is 12.8 Å². The molecule has 2 aromatic carbocycles. The summed E-state index contributed by atoms with van der Waals surface area (Å²) in [6.45, 7) is 0.444. The summed E-state index contributed by atoms with van der Waals surface area (Å²) >= 11 is 3.31. The molecule has 0 radical (unpaired) electrons. The molecule has 0 aromatic heterocycles. The second kappa shape index (κ2) is 9.36. The molecule has 2 aromatic rings. The number of hydrogen-bond donors (Lipinski definition) is 1. The lowest BCUT2D eigenvalue weighted by Gasteiger charge is -2.31. The Morgan fingerprint density at radius 2 is 1.62 bits per heavy atom. The summed E-state index contributed by atoms with van der Waals surface area (Å²) in [6.07, 6.45) is 2.46. The Morgan fingerprint density at radius 3 is 2.17 bits per heavy atom. The first kappa shape index (κ1) is 21.9. The van der Waals surface area contributed by atoms with Crippen LogP contribution in [0.2, 0.25) is 0 Å². The van der Waals surface area contributed by atoms with E-state index in [1.165, 1.54) is 16.4 Å². The maximum atomic E-state index is 13.3. The highest BCUT2D eigenvalue weighted by Crippen LogP contribution is 2.31. The Labute approximate surface area is 178 Å². The smallest absolute Gasteiger partial charge is 0.306 e. The largest absolute Gasteiger partial charge is 0.481 e. The Kier molecular flexibility index (Phi) is 7.08. The molecular formula is C21H23BrFNO4S. The molecule has 1 saturated carbocycles. The Morgan fingerprint density at radius 1 is 1.03 bits per heavy atom. The van der Waals surface area contributed by atoms with Crippen LogP contribution in [-0.4, -0.2) is 30.3 Å². The van der Waals surface area contributed by atoms with Crippen molar-refractivity contribution < 1.29 is 22.7 Å². The van der Waals surface area contributed by atoms with Crippen molar-refractivity contribution in [2.45, 2.75) is 37.1 Å². The van der Waals surface area contributed by atoms with E-state index in [0.717, 1.165) is 4.47 Å². The topological polar surface area (TPSA) is 74.7 Å². The zero-order valence-electron chi connectivity index (χ0n) is 15.8. The number of nitrogens with zero attached hydrogens (tertiary/aromatic N) is 1. The number of rotatable bonds is 7. The van der Waals surface area contributed by atoms with Gasteiger partial charge >= 0.3 is 5.97 Å². The number of halogens is 2. The molecule has 0 spiro atoms. The second-order valence-corrected chi connectivity index (χ2v) is 10.3. The lowest BCUT2D eigenvalue weighted by atomic mass is 9.82. The quantitative estimate of drug-likeness (QED) is 0.620. The van der Waals surface area contributed by atoms with Crippen LogP contribution in [0.3, 0.4) is 0 Å². The average molecular weight is 484 g/mol. The lowest BCUT2D eigenvalue weighted by Crippen LogP contribution is -2.36. The first-order valence-electron chi connectivity index (χ1n) is 9.48. The summed E-state index contributed by atoms with van der Waals surface area (Å²) in [5.74, 6) is -1.41. The van der Waals surface area contributed by atoms with Crippen LogP contribution in [0, 0.1) is 17.7 Å². The molecule has 0 unspecified atom stereocenters. The number of carboxylic acid groups (broad SMARTS) is 1. The molecule has 1 N–H and O–H groups in total. The normalized spacial score (nSPS) is 20.0. The van der Waals surface area contributed by atoms with Gasteiger partial charge in [0.25, 0.3) is 0 Å². The third-order valence-electron chi connectivity index (χ3n) is 5.38. The lowest BCUT2D eigenvalue weighted by molar-refractivity contribution is -0.143. The summed E-state index contributed by atoms with van der Waals surface area (Å²) in [7, 11) is -3.75. The standard InChI is InChI=1S/C21H23BrFNO4S/c22-18-7-11-20(12-8-18)29(27,28)24(14-16-3-9-19(23)10-4-16)13-15-1-5-17(6-2-15)21(25)26/h3-4,7-12,15,17H,1-2,5-6,13-14H2,(H,25,26). The minimum Gasteiger partial charge on any atom is -0.481 e. The SMILES string of the molecule is O=C(O)C1CCC(CN(Cc2ccc(F)cc2)S(=O)(=O)c2ccc(Br)cc2)CC1. The molecule has 3 rings (SSSR count). The highest BCUT2D eigenvalue weighted by molar-refractivity contribution is 9.10. The average Bonchev–Trinajstić information content (AvgIpc) is 2.70. The third kappa shape index (κ3) is 5.65. The molecule has 29 heavy (non-hydrogen) atoms. The monoisotopic (exact) mass is 483 g/mol. The zero-order valence-corrected chi connectivity index (χ0v) is 18.2. The van der Waals surface area contributed by atoms with Crippen molar-refractivity contribution in [3.8, 4) is 0 Å². The van der Waals surface area contributed by atoms with E-state index in [1.807, 2.05) is 0 Å². The van der Waals surface area contributed by atoms with Crippen molar-refractivity contribution in [1.82, 2.24) is 4.31 Å². The summed E-state index contributed by atoms with van der Waals surface area (Å²) < 4.78 is 42.1. The molecule has 8 heteroatoms. The number of carboxylic acids is 1. The molecule has 0 amide bonds. The van der Waals surface area contributed by atoms with Gasteiger partial charge in [-0.3, -0.25) is 4.79 Å². The zero-order chi connectivity index (χ0) is 21.0. The molecule has 1 aliphatic rings. The van der Waals surface area contributed by atoms with E-state index in [-0.39, 0.29) is 29.1 Å². The number of aliphatic carboxylic acids is 1. The van der Waals surface area contributed by atoms with E-state index < -0.39 is 16.0 Å². The van der Waals surface area contributed by atoms with Crippen LogP contribution in [0.15, 0.2) is 57.9 Å². The van der Waals surface area contributed by atoms with Crippen molar-refractivity contribution in [3.05, 3.63) is 64.4 Å². The highest BCUT2D eigenvalue weighted by atomic mass is 79.9. The predicted molar refractivity (Wildman–Crippen MR) is 111 cm³/mol. The minimum atomic E-state index is -3.75. The summed E-state index contributed by atoms with van der Waals surface area (Å²) in [5.41, 5.74) is 0.700. The Bertz CT molecular complexity index is 940. The molecule has 0 saturated heterocycles. The fraction of sp³-hybridized carbons (Fsp3) is 0.381. The van der Waals surface area contributed by atoms with Gasteiger partial charge in [0.2, 0.25) is 10.0 Å². The highest BCUT2D eigenvalue weighted by Gasteiger charge is 2.31. The van der Waals surface area contributed by atoms with Crippen LogP contribution in [0.1, 0.15) is 31.2 Å². The summed E-state index contributed by atoms with van der Waals surface area (Å²) in [4.78, 5) is 11.4. The van der Waals surface area contributed by atoms with Gasteiger partial charge < -0.3 is 5.11 Å². The number of hydrogen-bond acceptors (Lipinski definition) is 3. The number of benzene rings is 2. The van der Waals surface area contributed by atoms with Crippen molar-refractivity contribution in [1.29, 1.82) is 0 Å². The van der Waals surface area contributed by atoms with Crippen molar-refractivity contribution in [3.63, 3.8) is 0 Å². The van der Waals surface area contributed by atoms with Gasteiger partial charge in [0.05, 0.1) is 10.8 Å². The van der Waals surface area contributed by atoms with Crippen molar-refractivity contribution in [2.75, 3.05) is 6.54 Å². The second-order valence-electron chi connectivity index (χ2n) is 7.43. The van der Waals surface area contributed by atoms with Crippen molar-refractivity contribution >= 4 is 31.9 Å². The van der Waals surface area contributed by atoms with E-state index in [4.69, 9.17) is 0 Å². The maximum Gasteiger partial charge on any atom is 0.306 e. The number of carbonyl (C=O) groups is 1. The molecule has 0 bridgehead atoms. The molecule has 156 valence electrons. The van der Waals surface area contributed by atoms with Crippen LogP contribution < -0.4 is 0 Å². The van der Waals surface area contributed by atoms with E-state index in [0.29, 0.717) is 37.8 Å². The fourth-order valence-corrected chi connectivity index (χ4v) is 5.45. The first-order valence-corrected chi connectivity index (χ1v) is 11.7. The van der Waals surface area contributed by atoms with Crippen LogP contribution in [-0.2, 0) is 21.4 Å². The fourth-order valence-electron chi connectivity index (χ4n) is 3.68. The van der Waals surface area contributed by atoms with E-state index in [2.05, 4.69) is 15.9 Å². The Hall–Kier alpha value is -1.77. The molecule has 5 nitrogen and oxygen atoms in total. The molecule has 0 heterocycles. The molecular weight excluding hydrogens is 461 g/mol. The van der Waals surface area contributed by atoms with Gasteiger partial charge in [-0.1, -0.05) is 28.1 Å². The van der Waals surface area contributed by atoms with Gasteiger partial charge in [0.15, 0.2) is 0 Å². The Balaban J connectivity index is 1.82. The van der Waals surface area contributed by atoms with Crippen LogP contribution in [0.25, 0.3) is 0 Å². The van der Waals surface area contributed by atoms with E-state index >= 15 is 0 Å². The van der Waals surface area contributed by atoms with Crippen LogP contribution >= 0.6 is 15.9 Å². The van der Waals surface area contributed by atoms with E-state index in [9.17, 15) is 22.7 Å². The van der Waals surface area contributed by atoms with Gasteiger partial charge in [-0.05, 0) is 73.6 Å². The third-order valence-corrected chi connectivity index (χ3v) is 7.74. The molecule has 1 aliphatic carbocycles. The van der Waals surface area contributed by atoms with Gasteiger partial charge in [0, 0.05) is 17.6 Å². The van der Waals surface area contributed by atoms with Gasteiger partial charge in [-0.2, -0.15) is 4.31 Å². The minimum absolute atomic E-state index is 0.0938. The molecule has 0 atom stereocenters. The maximum absolute atomic E-state index is 13.3. The van der Waals surface area contributed by atoms with Crippen LogP contribution in [0.5, 0.6) is 0 Å². The first-order chi connectivity index (χ1) is 13.8. The van der Waals surface area contributed by atoms with Gasteiger partial charge in [-0.15, -0.1) is 0 Å². The molecule has 1 fully saturated rings. The van der Waals surface area contributed by atoms with Gasteiger partial charge in [0.1, 0.15) is 5.82 Å². The van der Waals surface area contributed by atoms with E-state index in [1.54, 1.807) is 36.4 Å². The summed E-state index contributed by atoms with van der Waals surface area (Å²) in [6, 6.07) is 12.3. The van der Waals surface area contributed by atoms with Crippen molar-refractivity contribution in [2.24, 2.45) is 11.8 Å². The molecule has 0 aliphatic heterocycles. The number of sulfonamides is 1.